The van der Waals surface area contributed by atoms with Crippen LogP contribution in [0.1, 0.15) is 24.8 Å². The number of ether oxygens (including phenoxy) is 2. The van der Waals surface area contributed by atoms with E-state index in [1.165, 1.54) is 12.1 Å². The summed E-state index contributed by atoms with van der Waals surface area (Å²) in [5.74, 6) is -1.42. The Bertz CT molecular complexity index is 644. The average molecular weight is 351 g/mol. The normalized spacial score (nSPS) is 23.2. The van der Waals surface area contributed by atoms with Crippen LogP contribution in [-0.2, 0) is 24.5 Å². The number of morpholine rings is 1. The maximum absolute atomic E-state index is 13.8. The molecule has 7 heteroatoms. The zero-order valence-electron chi connectivity index (χ0n) is 13.9. The van der Waals surface area contributed by atoms with Gasteiger partial charge in [0.15, 0.2) is 0 Å². The standard InChI is InChI=1S/C18H22FNO5/c19-14-3-1-2-13(10-14)18(4-7-24-8-5-18)17(23)20-6-9-25-15(12-20)11-16(21)22/h1-3,10,15H,4-9,11-12H2,(H,21,22). The first-order valence-electron chi connectivity index (χ1n) is 8.48. The first-order chi connectivity index (χ1) is 12.0. The molecule has 1 amide bonds. The molecule has 136 valence electrons. The molecule has 6 nitrogen and oxygen atoms in total. The summed E-state index contributed by atoms with van der Waals surface area (Å²) in [7, 11) is 0. The van der Waals surface area contributed by atoms with Crippen molar-refractivity contribution in [2.75, 3.05) is 32.9 Å². The molecule has 1 atom stereocenters. The summed E-state index contributed by atoms with van der Waals surface area (Å²) in [6, 6.07) is 6.17. The molecule has 0 aliphatic carbocycles. The average Bonchev–Trinajstić information content (AvgIpc) is 2.61. The van der Waals surface area contributed by atoms with E-state index in [2.05, 4.69) is 0 Å². The third kappa shape index (κ3) is 3.82. The van der Waals surface area contributed by atoms with E-state index in [9.17, 15) is 14.0 Å². The molecule has 0 aromatic heterocycles. The van der Waals surface area contributed by atoms with Crippen LogP contribution in [0.25, 0.3) is 0 Å². The number of aliphatic carboxylic acids is 1. The van der Waals surface area contributed by atoms with Crippen molar-refractivity contribution in [1.82, 2.24) is 4.90 Å². The molecule has 0 saturated carbocycles. The van der Waals surface area contributed by atoms with Crippen molar-refractivity contribution in [3.05, 3.63) is 35.6 Å². The third-order valence-electron chi connectivity index (χ3n) is 4.96. The van der Waals surface area contributed by atoms with Gasteiger partial charge < -0.3 is 19.5 Å². The second-order valence-corrected chi connectivity index (χ2v) is 6.55. The lowest BCUT2D eigenvalue weighted by Crippen LogP contribution is -2.55. The molecule has 2 heterocycles. The lowest BCUT2D eigenvalue weighted by atomic mass is 9.72. The van der Waals surface area contributed by atoms with Gasteiger partial charge in [-0.1, -0.05) is 12.1 Å². The lowest BCUT2D eigenvalue weighted by Gasteiger charge is -2.42. The SMILES string of the molecule is O=C(O)CC1CN(C(=O)C2(c3cccc(F)c3)CCOCC2)CCO1. The number of hydrogen-bond donors (Lipinski definition) is 1. The minimum atomic E-state index is -0.954. The van der Waals surface area contributed by atoms with E-state index < -0.39 is 17.5 Å². The summed E-state index contributed by atoms with van der Waals surface area (Å²) < 4.78 is 24.6. The Labute approximate surface area is 145 Å². The molecule has 3 rings (SSSR count). The van der Waals surface area contributed by atoms with Gasteiger partial charge in [0.1, 0.15) is 5.82 Å². The number of carboxylic acid groups (broad SMARTS) is 1. The van der Waals surface area contributed by atoms with Gasteiger partial charge in [-0.2, -0.15) is 0 Å². The first-order valence-corrected chi connectivity index (χ1v) is 8.48. The number of carbonyl (C=O) groups is 2. The Morgan fingerprint density at radius 3 is 2.72 bits per heavy atom. The number of hydrogen-bond acceptors (Lipinski definition) is 4. The van der Waals surface area contributed by atoms with Gasteiger partial charge in [-0.3, -0.25) is 9.59 Å². The quantitative estimate of drug-likeness (QED) is 0.891. The van der Waals surface area contributed by atoms with Crippen LogP contribution in [0.5, 0.6) is 0 Å². The summed E-state index contributed by atoms with van der Waals surface area (Å²) in [5.41, 5.74) is -0.173. The van der Waals surface area contributed by atoms with Crippen LogP contribution in [0, 0.1) is 5.82 Å². The summed E-state index contributed by atoms with van der Waals surface area (Å²) in [6.07, 6.45) is 0.311. The fourth-order valence-electron chi connectivity index (χ4n) is 3.66. The van der Waals surface area contributed by atoms with E-state index in [0.29, 0.717) is 44.8 Å². The largest absolute Gasteiger partial charge is 0.481 e. The number of carbonyl (C=O) groups excluding carboxylic acids is 1. The van der Waals surface area contributed by atoms with Gasteiger partial charge in [-0.15, -0.1) is 0 Å². The number of halogens is 1. The van der Waals surface area contributed by atoms with Crippen molar-refractivity contribution < 1.29 is 28.6 Å². The summed E-state index contributed by atoms with van der Waals surface area (Å²) in [4.78, 5) is 25.9. The monoisotopic (exact) mass is 351 g/mol. The van der Waals surface area contributed by atoms with E-state index >= 15 is 0 Å². The smallest absolute Gasteiger partial charge is 0.306 e. The highest BCUT2D eigenvalue weighted by Crippen LogP contribution is 2.37. The molecule has 1 aromatic carbocycles. The number of nitrogens with zero attached hydrogens (tertiary/aromatic N) is 1. The van der Waals surface area contributed by atoms with Crippen LogP contribution in [0.15, 0.2) is 24.3 Å². The van der Waals surface area contributed by atoms with Crippen molar-refractivity contribution >= 4 is 11.9 Å². The number of rotatable bonds is 4. The second kappa shape index (κ2) is 7.49. The Morgan fingerprint density at radius 1 is 1.28 bits per heavy atom. The van der Waals surface area contributed by atoms with Crippen molar-refractivity contribution in [3.63, 3.8) is 0 Å². The zero-order valence-corrected chi connectivity index (χ0v) is 13.9. The summed E-state index contributed by atoms with van der Waals surface area (Å²) >= 11 is 0. The van der Waals surface area contributed by atoms with E-state index in [0.717, 1.165) is 0 Å². The van der Waals surface area contributed by atoms with Crippen LogP contribution >= 0.6 is 0 Å². The van der Waals surface area contributed by atoms with Crippen molar-refractivity contribution in [3.8, 4) is 0 Å². The van der Waals surface area contributed by atoms with Gasteiger partial charge in [0.05, 0.1) is 24.5 Å². The molecule has 0 radical (unpaired) electrons. The fraction of sp³-hybridized carbons (Fsp3) is 0.556. The topological polar surface area (TPSA) is 76.1 Å². The van der Waals surface area contributed by atoms with Crippen LogP contribution in [0.2, 0.25) is 0 Å². The molecule has 1 unspecified atom stereocenters. The molecule has 1 N–H and O–H groups in total. The third-order valence-corrected chi connectivity index (χ3v) is 4.96. The highest BCUT2D eigenvalue weighted by Gasteiger charge is 2.45. The van der Waals surface area contributed by atoms with Gasteiger partial charge in [-0.25, -0.2) is 4.39 Å². The molecule has 2 saturated heterocycles. The number of benzene rings is 1. The van der Waals surface area contributed by atoms with Gasteiger partial charge >= 0.3 is 5.97 Å². The van der Waals surface area contributed by atoms with Crippen molar-refractivity contribution in [2.24, 2.45) is 0 Å². The minimum Gasteiger partial charge on any atom is -0.481 e. The van der Waals surface area contributed by atoms with Gasteiger partial charge in [0.2, 0.25) is 5.91 Å². The Kier molecular flexibility index (Phi) is 5.34. The van der Waals surface area contributed by atoms with Crippen LogP contribution in [0.3, 0.4) is 0 Å². The highest BCUT2D eigenvalue weighted by atomic mass is 19.1. The van der Waals surface area contributed by atoms with E-state index in [1.54, 1.807) is 17.0 Å². The van der Waals surface area contributed by atoms with Gasteiger partial charge in [0, 0.05) is 26.3 Å². The van der Waals surface area contributed by atoms with Crippen molar-refractivity contribution in [1.29, 1.82) is 0 Å². The summed E-state index contributed by atoms with van der Waals surface area (Å²) in [6.45, 7) is 1.83. The molecule has 25 heavy (non-hydrogen) atoms. The predicted molar refractivity (Wildman–Crippen MR) is 86.7 cm³/mol. The van der Waals surface area contributed by atoms with E-state index in [4.69, 9.17) is 14.6 Å². The second-order valence-electron chi connectivity index (χ2n) is 6.55. The zero-order chi connectivity index (χ0) is 17.9. The minimum absolute atomic E-state index is 0.0971. The molecule has 2 aliphatic rings. The highest BCUT2D eigenvalue weighted by molar-refractivity contribution is 5.88. The number of carboxylic acids is 1. The van der Waals surface area contributed by atoms with Crippen LogP contribution in [0.4, 0.5) is 4.39 Å². The lowest BCUT2D eigenvalue weighted by molar-refractivity contribution is -0.153. The Balaban J connectivity index is 1.86. The van der Waals surface area contributed by atoms with E-state index in [-0.39, 0.29) is 24.7 Å². The fourth-order valence-corrected chi connectivity index (χ4v) is 3.66. The molecular weight excluding hydrogens is 329 g/mol. The van der Waals surface area contributed by atoms with Crippen LogP contribution < -0.4 is 0 Å². The molecule has 2 aliphatic heterocycles. The number of amides is 1. The first kappa shape index (κ1) is 17.8. The van der Waals surface area contributed by atoms with Gasteiger partial charge in [-0.05, 0) is 30.5 Å². The van der Waals surface area contributed by atoms with Gasteiger partial charge in [0.25, 0.3) is 0 Å². The molecular formula is C18H22FNO5. The molecule has 0 bridgehead atoms. The molecule has 2 fully saturated rings. The van der Waals surface area contributed by atoms with E-state index in [1.807, 2.05) is 0 Å². The maximum atomic E-state index is 13.8. The predicted octanol–water partition coefficient (Wildman–Crippen LogP) is 1.58. The Hall–Kier alpha value is -1.99. The maximum Gasteiger partial charge on any atom is 0.306 e. The Morgan fingerprint density at radius 2 is 2.04 bits per heavy atom. The molecule has 1 aromatic rings. The molecule has 0 spiro atoms. The van der Waals surface area contributed by atoms with Crippen molar-refractivity contribution in [2.45, 2.75) is 30.8 Å². The van der Waals surface area contributed by atoms with Crippen LogP contribution in [-0.4, -0.2) is 60.9 Å². The summed E-state index contributed by atoms with van der Waals surface area (Å²) in [5, 5.41) is 8.96.